The molecular formula is C14H16N4O2. The lowest BCUT2D eigenvalue weighted by Crippen LogP contribution is -2.27. The van der Waals surface area contributed by atoms with Crippen molar-refractivity contribution in [3.8, 4) is 5.75 Å². The van der Waals surface area contributed by atoms with Crippen LogP contribution in [0.5, 0.6) is 5.75 Å². The number of nitrogen functional groups attached to an aromatic ring is 1. The highest BCUT2D eigenvalue weighted by Gasteiger charge is 2.14. The summed E-state index contributed by atoms with van der Waals surface area (Å²) in [5.74, 6) is 0.841. The van der Waals surface area contributed by atoms with Crippen LogP contribution in [-0.2, 0) is 6.54 Å². The number of hydrogen-bond donors (Lipinski definition) is 1. The molecule has 0 saturated heterocycles. The van der Waals surface area contributed by atoms with Gasteiger partial charge in [0.05, 0.1) is 19.5 Å². The lowest BCUT2D eigenvalue weighted by atomic mass is 10.2. The van der Waals surface area contributed by atoms with E-state index in [9.17, 15) is 4.79 Å². The molecule has 0 radical (unpaired) electrons. The summed E-state index contributed by atoms with van der Waals surface area (Å²) in [4.78, 5) is 21.6. The van der Waals surface area contributed by atoms with E-state index in [1.54, 1.807) is 19.1 Å². The molecule has 1 heterocycles. The Morgan fingerprint density at radius 2 is 2.15 bits per heavy atom. The molecule has 0 atom stereocenters. The molecule has 0 fully saturated rings. The van der Waals surface area contributed by atoms with Gasteiger partial charge in [0.1, 0.15) is 17.3 Å². The van der Waals surface area contributed by atoms with Gasteiger partial charge in [0.25, 0.3) is 5.91 Å². The molecule has 0 aliphatic heterocycles. The first-order valence-electron chi connectivity index (χ1n) is 6.06. The van der Waals surface area contributed by atoms with Crippen LogP contribution in [0.25, 0.3) is 0 Å². The number of aromatic nitrogens is 2. The van der Waals surface area contributed by atoms with Crippen molar-refractivity contribution >= 4 is 11.7 Å². The number of carbonyl (C=O) groups excluding carboxylic acids is 1. The molecule has 0 saturated carbocycles. The van der Waals surface area contributed by atoms with Crippen molar-refractivity contribution in [3.63, 3.8) is 0 Å². The zero-order valence-corrected chi connectivity index (χ0v) is 11.4. The summed E-state index contributed by atoms with van der Waals surface area (Å²) in [5, 5.41) is 0. The lowest BCUT2D eigenvalue weighted by Gasteiger charge is -2.17. The average Bonchev–Trinajstić information content (AvgIpc) is 2.47. The van der Waals surface area contributed by atoms with Crippen LogP contribution in [0.15, 0.2) is 36.7 Å². The van der Waals surface area contributed by atoms with Crippen molar-refractivity contribution in [1.29, 1.82) is 0 Å². The third-order valence-electron chi connectivity index (χ3n) is 2.79. The monoisotopic (exact) mass is 272 g/mol. The number of anilines is 1. The Morgan fingerprint density at radius 3 is 2.80 bits per heavy atom. The molecule has 2 rings (SSSR count). The number of nitrogens with zero attached hydrogens (tertiary/aromatic N) is 3. The van der Waals surface area contributed by atoms with Crippen LogP contribution < -0.4 is 10.5 Å². The van der Waals surface area contributed by atoms with Gasteiger partial charge < -0.3 is 15.4 Å². The van der Waals surface area contributed by atoms with Crippen LogP contribution in [0.4, 0.5) is 5.82 Å². The normalized spacial score (nSPS) is 10.1. The molecule has 6 heteroatoms. The molecule has 0 bridgehead atoms. The molecule has 1 aromatic carbocycles. The number of benzene rings is 1. The number of methoxy groups -OCH3 is 1. The van der Waals surface area contributed by atoms with E-state index in [0.717, 1.165) is 11.3 Å². The second-order valence-electron chi connectivity index (χ2n) is 4.34. The predicted molar refractivity (Wildman–Crippen MR) is 75.2 cm³/mol. The highest BCUT2D eigenvalue weighted by Crippen LogP contribution is 2.14. The first-order valence-corrected chi connectivity index (χ1v) is 6.06. The van der Waals surface area contributed by atoms with E-state index in [1.807, 2.05) is 24.3 Å². The lowest BCUT2D eigenvalue weighted by molar-refractivity contribution is 0.0779. The first-order chi connectivity index (χ1) is 9.60. The molecule has 1 aromatic heterocycles. The summed E-state index contributed by atoms with van der Waals surface area (Å²) in [6.45, 7) is 0.460. The number of amides is 1. The molecular weight excluding hydrogens is 256 g/mol. The minimum atomic E-state index is -0.208. The fourth-order valence-electron chi connectivity index (χ4n) is 1.76. The van der Waals surface area contributed by atoms with Gasteiger partial charge in [-0.3, -0.25) is 4.79 Å². The van der Waals surface area contributed by atoms with Crippen molar-refractivity contribution in [2.45, 2.75) is 6.54 Å². The number of ether oxygens (including phenoxy) is 1. The summed E-state index contributed by atoms with van der Waals surface area (Å²) in [6, 6.07) is 7.56. The van der Waals surface area contributed by atoms with E-state index in [2.05, 4.69) is 9.97 Å². The Bertz CT molecular complexity index is 598. The summed E-state index contributed by atoms with van der Waals surface area (Å²) >= 11 is 0. The van der Waals surface area contributed by atoms with E-state index in [1.165, 1.54) is 12.4 Å². The Morgan fingerprint density at radius 1 is 1.35 bits per heavy atom. The van der Waals surface area contributed by atoms with Crippen molar-refractivity contribution in [3.05, 3.63) is 47.9 Å². The Balaban J connectivity index is 2.09. The van der Waals surface area contributed by atoms with Crippen LogP contribution >= 0.6 is 0 Å². The van der Waals surface area contributed by atoms with Gasteiger partial charge >= 0.3 is 0 Å². The quantitative estimate of drug-likeness (QED) is 0.908. The van der Waals surface area contributed by atoms with Crippen LogP contribution in [0.2, 0.25) is 0 Å². The fraction of sp³-hybridized carbons (Fsp3) is 0.214. The van der Waals surface area contributed by atoms with Gasteiger partial charge in [-0.2, -0.15) is 0 Å². The zero-order valence-electron chi connectivity index (χ0n) is 11.4. The smallest absolute Gasteiger partial charge is 0.274 e. The van der Waals surface area contributed by atoms with Crippen LogP contribution in [-0.4, -0.2) is 34.9 Å². The molecule has 0 aliphatic rings. The average molecular weight is 272 g/mol. The third-order valence-corrected chi connectivity index (χ3v) is 2.79. The first kappa shape index (κ1) is 13.8. The van der Waals surface area contributed by atoms with E-state index in [4.69, 9.17) is 10.5 Å². The molecule has 104 valence electrons. The van der Waals surface area contributed by atoms with Gasteiger partial charge in [0.2, 0.25) is 0 Å². The Hall–Kier alpha value is -2.63. The summed E-state index contributed by atoms with van der Waals surface area (Å²) in [5.41, 5.74) is 6.69. The Kier molecular flexibility index (Phi) is 4.14. The molecule has 0 spiro atoms. The topological polar surface area (TPSA) is 81.3 Å². The van der Waals surface area contributed by atoms with Crippen molar-refractivity contribution in [2.75, 3.05) is 19.9 Å². The van der Waals surface area contributed by atoms with Crippen LogP contribution in [0, 0.1) is 0 Å². The van der Waals surface area contributed by atoms with Gasteiger partial charge in [0.15, 0.2) is 0 Å². The highest BCUT2D eigenvalue weighted by molar-refractivity contribution is 5.91. The predicted octanol–water partition coefficient (Wildman–Crippen LogP) is 1.34. The fourth-order valence-corrected chi connectivity index (χ4v) is 1.76. The van der Waals surface area contributed by atoms with E-state index in [0.29, 0.717) is 6.54 Å². The highest BCUT2D eigenvalue weighted by atomic mass is 16.5. The minimum absolute atomic E-state index is 0.208. The molecule has 2 aromatic rings. The molecule has 0 unspecified atom stereocenters. The SMILES string of the molecule is COc1cccc(CN(C)C(=O)c2cnc(N)cn2)c1. The molecule has 1 amide bonds. The molecule has 0 aliphatic carbocycles. The van der Waals surface area contributed by atoms with Crippen molar-refractivity contribution in [2.24, 2.45) is 0 Å². The van der Waals surface area contributed by atoms with E-state index >= 15 is 0 Å². The summed E-state index contributed by atoms with van der Waals surface area (Å²) in [7, 11) is 3.32. The third kappa shape index (κ3) is 3.23. The standard InChI is InChI=1S/C14H16N4O2/c1-18(9-10-4-3-5-11(6-10)20-2)14(19)12-7-17-13(15)8-16-12/h3-8H,9H2,1-2H3,(H2,15,17). The number of carbonyl (C=O) groups is 1. The molecule has 20 heavy (non-hydrogen) atoms. The minimum Gasteiger partial charge on any atom is -0.497 e. The number of hydrogen-bond acceptors (Lipinski definition) is 5. The maximum atomic E-state index is 12.2. The maximum Gasteiger partial charge on any atom is 0.274 e. The zero-order chi connectivity index (χ0) is 14.5. The molecule has 2 N–H and O–H groups in total. The second-order valence-corrected chi connectivity index (χ2v) is 4.34. The van der Waals surface area contributed by atoms with Gasteiger partial charge in [-0.15, -0.1) is 0 Å². The van der Waals surface area contributed by atoms with Crippen molar-refractivity contribution < 1.29 is 9.53 Å². The van der Waals surface area contributed by atoms with E-state index < -0.39 is 0 Å². The Labute approximate surface area is 117 Å². The van der Waals surface area contributed by atoms with Gasteiger partial charge in [-0.05, 0) is 17.7 Å². The summed E-state index contributed by atoms with van der Waals surface area (Å²) in [6.07, 6.45) is 2.74. The van der Waals surface area contributed by atoms with E-state index in [-0.39, 0.29) is 17.4 Å². The van der Waals surface area contributed by atoms with Crippen molar-refractivity contribution in [1.82, 2.24) is 14.9 Å². The summed E-state index contributed by atoms with van der Waals surface area (Å²) < 4.78 is 5.16. The largest absolute Gasteiger partial charge is 0.497 e. The van der Waals surface area contributed by atoms with Gasteiger partial charge in [0, 0.05) is 13.6 Å². The maximum absolute atomic E-state index is 12.2. The number of nitrogens with two attached hydrogens (primary N) is 1. The van der Waals surface area contributed by atoms with Crippen LogP contribution in [0.3, 0.4) is 0 Å². The molecule has 6 nitrogen and oxygen atoms in total. The van der Waals surface area contributed by atoms with Gasteiger partial charge in [-0.25, -0.2) is 9.97 Å². The number of rotatable bonds is 4. The van der Waals surface area contributed by atoms with Crippen LogP contribution in [0.1, 0.15) is 16.1 Å². The van der Waals surface area contributed by atoms with Gasteiger partial charge in [-0.1, -0.05) is 12.1 Å². The second kappa shape index (κ2) is 6.01.